The highest BCUT2D eigenvalue weighted by Gasteiger charge is 2.54. The quantitative estimate of drug-likeness (QED) is 0.687. The molecule has 0 aromatic rings. The number of aliphatic hydroxyl groups is 1. The van der Waals surface area contributed by atoms with Gasteiger partial charge >= 0.3 is 0 Å². The molecule has 22 heavy (non-hydrogen) atoms. The molecule has 1 N–H and O–H groups in total. The molecule has 3 nitrogen and oxygen atoms in total. The Kier molecular flexibility index (Phi) is 4.56. The van der Waals surface area contributed by atoms with E-state index in [0.717, 1.165) is 9.97 Å². The van der Waals surface area contributed by atoms with Gasteiger partial charge in [0.15, 0.2) is 0 Å². The third-order valence-electron chi connectivity index (χ3n) is 4.06. The van der Waals surface area contributed by atoms with Crippen LogP contribution >= 0.6 is 47.0 Å². The van der Waals surface area contributed by atoms with Crippen LogP contribution in [0.2, 0.25) is 0 Å². The van der Waals surface area contributed by atoms with Crippen molar-refractivity contribution in [3.05, 3.63) is 29.6 Å². The van der Waals surface area contributed by atoms with Crippen LogP contribution in [0.15, 0.2) is 29.6 Å². The molecular weight excluding hydrogens is 354 g/mol. The molecule has 3 heterocycles. The Labute approximate surface area is 149 Å². The first-order valence-electron chi connectivity index (χ1n) is 7.12. The number of thioether (sulfide) groups is 4. The van der Waals surface area contributed by atoms with Crippen LogP contribution in [0, 0.1) is 0 Å². The summed E-state index contributed by atoms with van der Waals surface area (Å²) in [5, 5.41) is 31.2. The third-order valence-corrected chi connectivity index (χ3v) is 9.27. The first-order chi connectivity index (χ1) is 10.1. The summed E-state index contributed by atoms with van der Waals surface area (Å²) < 4.78 is 2.52. The Morgan fingerprint density at radius 3 is 2.09 bits per heavy atom. The highest BCUT2D eigenvalue weighted by Crippen LogP contribution is 2.58. The fourth-order valence-corrected chi connectivity index (χ4v) is 8.13. The molecule has 0 amide bonds. The summed E-state index contributed by atoms with van der Waals surface area (Å²) in [6, 6.07) is 0. The molecule has 3 aliphatic rings. The van der Waals surface area contributed by atoms with Crippen LogP contribution in [-0.4, -0.2) is 26.8 Å². The second kappa shape index (κ2) is 5.79. The van der Waals surface area contributed by atoms with Gasteiger partial charge in [-0.1, -0.05) is 47.0 Å². The predicted octanol–water partition coefficient (Wildman–Crippen LogP) is 5.12. The van der Waals surface area contributed by atoms with Crippen molar-refractivity contribution in [2.45, 2.75) is 57.2 Å². The number of hydroxylamine groups is 2. The van der Waals surface area contributed by atoms with Crippen molar-refractivity contribution in [2.24, 2.45) is 0 Å². The predicted molar refractivity (Wildman–Crippen MR) is 99.5 cm³/mol. The first-order valence-corrected chi connectivity index (χ1v) is 10.6. The largest absolute Gasteiger partial charge is 0.384 e. The average molecular weight is 375 g/mol. The molecule has 0 atom stereocenters. The van der Waals surface area contributed by atoms with E-state index >= 15 is 0 Å². The van der Waals surface area contributed by atoms with E-state index < -0.39 is 16.7 Å². The molecule has 3 aliphatic heterocycles. The van der Waals surface area contributed by atoms with E-state index in [0.29, 0.717) is 12.8 Å². The van der Waals surface area contributed by atoms with Gasteiger partial charge in [0.05, 0.1) is 14.1 Å². The summed E-state index contributed by atoms with van der Waals surface area (Å²) in [5.41, 5.74) is -2.07. The van der Waals surface area contributed by atoms with Gasteiger partial charge < -0.3 is 5.11 Å². The lowest BCUT2D eigenvalue weighted by molar-refractivity contribution is -0.307. The minimum atomic E-state index is -0.921. The average Bonchev–Trinajstić information content (AvgIpc) is 3.05. The summed E-state index contributed by atoms with van der Waals surface area (Å²) in [6.07, 6.45) is 0.931. The number of hydrogen-bond acceptors (Lipinski definition) is 6. The Balaban J connectivity index is 1.84. The molecule has 1 saturated heterocycles. The summed E-state index contributed by atoms with van der Waals surface area (Å²) in [6.45, 7) is 7.69. The van der Waals surface area contributed by atoms with Gasteiger partial charge in [0.1, 0.15) is 0 Å². The topological polar surface area (TPSA) is 43.4 Å². The summed E-state index contributed by atoms with van der Waals surface area (Å²) in [7, 11) is 0. The maximum absolute atomic E-state index is 12.5. The first kappa shape index (κ1) is 17.3. The van der Waals surface area contributed by atoms with Gasteiger partial charge in [-0.25, -0.2) is 0 Å². The zero-order valence-corrected chi connectivity index (χ0v) is 16.3. The molecule has 1 radical (unpaired) electrons. The van der Waals surface area contributed by atoms with Gasteiger partial charge in [0, 0.05) is 28.8 Å². The van der Waals surface area contributed by atoms with Gasteiger partial charge in [-0.3, -0.25) is 0 Å². The second-order valence-electron chi connectivity index (χ2n) is 7.09. The number of hydrogen-bond donors (Lipinski definition) is 1. The van der Waals surface area contributed by atoms with Crippen molar-refractivity contribution in [1.82, 2.24) is 5.06 Å². The van der Waals surface area contributed by atoms with Crippen LogP contribution in [0.4, 0.5) is 0 Å². The Morgan fingerprint density at radius 2 is 1.55 bits per heavy atom. The highest BCUT2D eigenvalue weighted by atomic mass is 32.2. The van der Waals surface area contributed by atoms with Crippen LogP contribution < -0.4 is 0 Å². The Morgan fingerprint density at radius 1 is 1.00 bits per heavy atom. The number of nitrogens with zero attached hydrogens (tertiary/aromatic N) is 1. The Bertz CT molecular complexity index is 552. The molecule has 7 heteroatoms. The van der Waals surface area contributed by atoms with E-state index in [-0.39, 0.29) is 0 Å². The molecule has 1 fully saturated rings. The lowest BCUT2D eigenvalue weighted by Gasteiger charge is -2.53. The minimum Gasteiger partial charge on any atom is -0.384 e. The normalized spacial score (nSPS) is 30.0. The molecule has 3 rings (SSSR count). The SMILES string of the molecule is CC1(C)CC(O)(C2=CSC(=C3SC=CS3)S2)CC(C)(C)N1[O]. The van der Waals surface area contributed by atoms with Gasteiger partial charge in [-0.15, -0.1) is 10.3 Å². The summed E-state index contributed by atoms with van der Waals surface area (Å²) >= 11 is 6.82. The van der Waals surface area contributed by atoms with Crippen molar-refractivity contribution >= 4 is 47.0 Å². The molecule has 0 aromatic carbocycles. The molecule has 0 saturated carbocycles. The Hall–Kier alpha value is 0.500. The lowest BCUT2D eigenvalue weighted by atomic mass is 9.72. The third kappa shape index (κ3) is 3.06. The van der Waals surface area contributed by atoms with E-state index in [1.165, 1.54) is 8.47 Å². The molecule has 0 aromatic heterocycles. The van der Waals surface area contributed by atoms with Crippen LogP contribution in [0.3, 0.4) is 0 Å². The maximum Gasteiger partial charge on any atom is 0.0999 e. The van der Waals surface area contributed by atoms with Gasteiger partial charge in [-0.05, 0) is 43.9 Å². The van der Waals surface area contributed by atoms with E-state index in [2.05, 4.69) is 16.2 Å². The highest BCUT2D eigenvalue weighted by molar-refractivity contribution is 8.33. The molecule has 0 unspecified atom stereocenters. The molecular formula is C15H20NO2S4. The smallest absolute Gasteiger partial charge is 0.0999 e. The summed E-state index contributed by atoms with van der Waals surface area (Å²) in [4.78, 5) is 0.988. The van der Waals surface area contributed by atoms with Gasteiger partial charge in [0.2, 0.25) is 0 Å². The van der Waals surface area contributed by atoms with Gasteiger partial charge in [-0.2, -0.15) is 0 Å². The van der Waals surface area contributed by atoms with Crippen LogP contribution in [-0.2, 0) is 5.21 Å². The molecule has 0 aliphatic carbocycles. The maximum atomic E-state index is 12.5. The molecule has 0 spiro atoms. The van der Waals surface area contributed by atoms with Crippen molar-refractivity contribution in [2.75, 3.05) is 0 Å². The molecule has 0 bridgehead atoms. The second-order valence-corrected chi connectivity index (χ2v) is 11.4. The summed E-state index contributed by atoms with van der Waals surface area (Å²) in [5.74, 6) is 0. The number of piperidine rings is 1. The minimum absolute atomic E-state index is 0.466. The van der Waals surface area contributed by atoms with Gasteiger partial charge in [0.25, 0.3) is 0 Å². The number of rotatable bonds is 1. The van der Waals surface area contributed by atoms with E-state index in [4.69, 9.17) is 0 Å². The van der Waals surface area contributed by atoms with E-state index in [1.807, 2.05) is 27.7 Å². The zero-order chi connectivity index (χ0) is 16.2. The molecule has 121 valence electrons. The van der Waals surface area contributed by atoms with E-state index in [1.54, 1.807) is 47.0 Å². The fraction of sp³-hybridized carbons (Fsp3) is 0.600. The van der Waals surface area contributed by atoms with Crippen LogP contribution in [0.1, 0.15) is 40.5 Å². The standard InChI is InChI=1S/C15H20NO2S4/c1-13(2)8-15(17,9-14(3,4)16(13)18)10-7-21-12(22-10)11-19-5-6-20-11/h5-7,17H,8-9H2,1-4H3. The van der Waals surface area contributed by atoms with E-state index in [9.17, 15) is 10.3 Å². The van der Waals surface area contributed by atoms with Crippen LogP contribution in [0.5, 0.6) is 0 Å². The van der Waals surface area contributed by atoms with Crippen molar-refractivity contribution in [1.29, 1.82) is 0 Å². The monoisotopic (exact) mass is 374 g/mol. The van der Waals surface area contributed by atoms with Crippen molar-refractivity contribution < 1.29 is 10.3 Å². The lowest BCUT2D eigenvalue weighted by Crippen LogP contribution is -2.63. The van der Waals surface area contributed by atoms with Crippen LogP contribution in [0.25, 0.3) is 0 Å². The van der Waals surface area contributed by atoms with Crippen molar-refractivity contribution in [3.8, 4) is 0 Å². The fourth-order valence-electron chi connectivity index (χ4n) is 3.48. The van der Waals surface area contributed by atoms with Crippen molar-refractivity contribution in [3.63, 3.8) is 0 Å². The zero-order valence-electron chi connectivity index (χ0n) is 13.1.